The fourth-order valence-electron chi connectivity index (χ4n) is 13.3. The summed E-state index contributed by atoms with van der Waals surface area (Å²) in [5, 5.41) is 3.60. The number of benzene rings is 10. The first-order valence-corrected chi connectivity index (χ1v) is 37.9. The maximum absolute atomic E-state index is 15.3. The van der Waals surface area contributed by atoms with Crippen molar-refractivity contribution in [1.29, 1.82) is 0 Å². The van der Waals surface area contributed by atoms with Crippen LogP contribution in [0.25, 0.3) is 10.4 Å². The number of rotatable bonds is 31. The molecule has 15 atom stereocenters. The normalized spacial score (nSPS) is 22.9. The molecule has 10 aromatic carbocycles. The lowest BCUT2D eigenvalue weighted by Crippen LogP contribution is -2.70. The lowest BCUT2D eigenvalue weighted by Gasteiger charge is -2.51. The highest BCUT2D eigenvalue weighted by Crippen LogP contribution is 2.42. The molecule has 0 saturated carbocycles. The fraction of sp³-hybridized carbons (Fsp3) is 0.231. The average Bonchev–Trinajstić information content (AvgIpc) is 0.741. The predicted octanol–water partition coefficient (Wildman–Crippen LogP) is 12.8. The van der Waals surface area contributed by atoms with Crippen LogP contribution in [0.3, 0.4) is 0 Å². The minimum Gasteiger partial charge on any atom is -0.459 e. The molecule has 3 aliphatic heterocycles. The third kappa shape index (κ3) is 21.2. The molecule has 29 heteroatoms. The first kappa shape index (κ1) is 83.9. The molecule has 13 rings (SSSR count). The standard InChI is InChI=1S/C91H77N3O26/c1-91(120-87(104)66-50-30-11-31-51-66)77(119-86(103)65-48-28-10-29-49-65)72(114-81(98)60-38-18-5-19-39-60)69(111-90(91)108-56-68-71(113-80(97)59-36-16-4-17-37-59)73(115-82(99)61-40-20-6-21-41-61)75(88(109-68)105-53-52-93-94-92)117-84(101)63-44-24-8-25-45-63)55-107-89-76(118-85(102)64-46-26-9-27-47-64)74(116-83(100)62-42-22-7-23-43-62)70(112-79(96)58-34-14-3-15-35-58)67(110-89)54-106-78(95)57-32-12-2-13-33-57/h2-51,67-77,88-90H,52-56H2,1H3/t67-,68-,69-,70-,71-,72-,73+,74+,75-,76-,77+,88-,89-,90-,91-/m1/s1. The van der Waals surface area contributed by atoms with Gasteiger partial charge in [-0.05, 0) is 134 Å². The summed E-state index contributed by atoms with van der Waals surface area (Å²) in [6, 6.07) is 75.7. The number of carbonyl (C=O) groups is 10. The fourth-order valence-corrected chi connectivity index (χ4v) is 13.3. The summed E-state index contributed by atoms with van der Waals surface area (Å²) in [7, 11) is 0. The molecule has 0 aliphatic carbocycles. The van der Waals surface area contributed by atoms with Crippen molar-refractivity contribution < 1.29 is 124 Å². The molecule has 3 saturated heterocycles. The number of azide groups is 1. The van der Waals surface area contributed by atoms with Crippen molar-refractivity contribution in [2.45, 2.75) is 98.5 Å². The Balaban J connectivity index is 0.966. The van der Waals surface area contributed by atoms with Crippen LogP contribution in [-0.2, 0) is 75.8 Å². The molecular formula is C91H77N3O26. The van der Waals surface area contributed by atoms with Crippen molar-refractivity contribution in [3.8, 4) is 0 Å². The molecule has 0 aromatic heterocycles. The Hall–Kier alpha value is -14.0. The van der Waals surface area contributed by atoms with Crippen LogP contribution in [0, 0.1) is 0 Å². The molecule has 0 bridgehead atoms. The summed E-state index contributed by atoms with van der Waals surface area (Å²) in [6.07, 6.45) is -27.8. The molecule has 612 valence electrons. The van der Waals surface area contributed by atoms with Crippen molar-refractivity contribution in [2.75, 3.05) is 33.0 Å². The summed E-state index contributed by atoms with van der Waals surface area (Å²) in [4.78, 5) is 151. The van der Waals surface area contributed by atoms with Gasteiger partial charge < -0.3 is 75.8 Å². The zero-order valence-corrected chi connectivity index (χ0v) is 63.9. The van der Waals surface area contributed by atoms with Crippen molar-refractivity contribution in [3.05, 3.63) is 369 Å². The molecule has 0 spiro atoms. The Morgan fingerprint density at radius 3 is 0.892 bits per heavy atom. The minimum atomic E-state index is -2.64. The second-order valence-corrected chi connectivity index (χ2v) is 27.3. The van der Waals surface area contributed by atoms with Gasteiger partial charge in [0.2, 0.25) is 11.9 Å². The van der Waals surface area contributed by atoms with Gasteiger partial charge in [-0.25, -0.2) is 47.9 Å². The Kier molecular flexibility index (Phi) is 28.5. The molecule has 0 N–H and O–H groups in total. The molecule has 0 amide bonds. The van der Waals surface area contributed by atoms with Crippen LogP contribution in [0.2, 0.25) is 0 Å². The Morgan fingerprint density at radius 2 is 0.558 bits per heavy atom. The van der Waals surface area contributed by atoms with E-state index in [1.54, 1.807) is 133 Å². The van der Waals surface area contributed by atoms with Crippen LogP contribution < -0.4 is 0 Å². The van der Waals surface area contributed by atoms with Crippen molar-refractivity contribution in [2.24, 2.45) is 5.11 Å². The first-order valence-electron chi connectivity index (χ1n) is 37.9. The predicted molar refractivity (Wildman–Crippen MR) is 420 cm³/mol. The van der Waals surface area contributed by atoms with Crippen LogP contribution in [-0.4, -0.2) is 184 Å². The van der Waals surface area contributed by atoms with E-state index < -0.39 is 178 Å². The van der Waals surface area contributed by atoms with E-state index in [0.717, 1.165) is 0 Å². The number of hydrogen-bond acceptors (Lipinski definition) is 27. The summed E-state index contributed by atoms with van der Waals surface area (Å²) < 4.78 is 105. The van der Waals surface area contributed by atoms with Gasteiger partial charge in [0.1, 0.15) is 24.9 Å². The minimum absolute atomic E-state index is 0.00267. The Labute approximate surface area is 686 Å². The van der Waals surface area contributed by atoms with E-state index in [1.165, 1.54) is 177 Å². The molecule has 10 aromatic rings. The van der Waals surface area contributed by atoms with E-state index in [4.69, 9.17) is 75.8 Å². The second kappa shape index (κ2) is 40.7. The second-order valence-electron chi connectivity index (χ2n) is 27.3. The molecule has 120 heavy (non-hydrogen) atoms. The molecule has 3 fully saturated rings. The van der Waals surface area contributed by atoms with E-state index in [-0.39, 0.29) is 62.2 Å². The Morgan fingerprint density at radius 1 is 0.300 bits per heavy atom. The molecule has 29 nitrogen and oxygen atoms in total. The lowest BCUT2D eigenvalue weighted by atomic mass is 9.86. The van der Waals surface area contributed by atoms with Gasteiger partial charge in [0, 0.05) is 11.5 Å². The monoisotopic (exact) mass is 1630 g/mol. The van der Waals surface area contributed by atoms with Crippen LogP contribution in [0.15, 0.2) is 308 Å². The highest BCUT2D eigenvalue weighted by atomic mass is 16.8. The summed E-state index contributed by atoms with van der Waals surface area (Å²) in [5.74, 6) is -10.5. The maximum atomic E-state index is 15.3. The van der Waals surface area contributed by atoms with Gasteiger partial charge in [0.05, 0.1) is 75.5 Å². The Bertz CT molecular complexity index is 5190. The van der Waals surface area contributed by atoms with E-state index in [2.05, 4.69) is 10.0 Å². The van der Waals surface area contributed by atoms with Crippen LogP contribution >= 0.6 is 0 Å². The maximum Gasteiger partial charge on any atom is 0.338 e. The van der Waals surface area contributed by atoms with Crippen LogP contribution in [0.5, 0.6) is 0 Å². The van der Waals surface area contributed by atoms with Gasteiger partial charge in [-0.3, -0.25) is 0 Å². The SMILES string of the molecule is C[C@]1(OC(=O)c2ccccc2)[C@H](OC[C@H]2O[C@@H](OCCN=[N+]=[N-])[C@H](OC(=O)c3ccccc3)[C@@H](OC(=O)c3ccccc3)[C@@H]2OC(=O)c2ccccc2)O[C@H](CO[C@@H]2O[C@H](COC(=O)c3ccccc3)[C@@H](OC(=O)c3ccccc3)[C@H](OC(=O)c3ccccc3)[C@H]2OC(=O)c2ccccc2)[C@@H](OC(=O)c2ccccc2)[C@@H]1OC(=O)c1ccccc1. The molecular weight excluding hydrogens is 1550 g/mol. The summed E-state index contributed by atoms with van der Waals surface area (Å²) >= 11 is 0. The number of carbonyl (C=O) groups excluding carboxylic acids is 10. The average molecular weight is 1630 g/mol. The van der Waals surface area contributed by atoms with E-state index in [0.29, 0.717) is 0 Å². The van der Waals surface area contributed by atoms with Crippen LogP contribution in [0.1, 0.15) is 111 Å². The van der Waals surface area contributed by atoms with Gasteiger partial charge in [-0.15, -0.1) is 0 Å². The number of hydrogen-bond donors (Lipinski definition) is 0. The lowest BCUT2D eigenvalue weighted by molar-refractivity contribution is -0.357. The van der Waals surface area contributed by atoms with Crippen molar-refractivity contribution >= 4 is 59.7 Å². The topological polar surface area (TPSA) is 367 Å². The summed E-state index contributed by atoms with van der Waals surface area (Å²) in [6.45, 7) is -2.39. The van der Waals surface area contributed by atoms with E-state index in [9.17, 15) is 39.1 Å². The van der Waals surface area contributed by atoms with Crippen LogP contribution in [0.4, 0.5) is 0 Å². The molecule has 3 heterocycles. The van der Waals surface area contributed by atoms with Gasteiger partial charge in [0.25, 0.3) is 0 Å². The number of ether oxygens (including phenoxy) is 16. The smallest absolute Gasteiger partial charge is 0.338 e. The molecule has 0 unspecified atom stereocenters. The molecule has 3 aliphatic rings. The quantitative estimate of drug-likeness (QED) is 0.00972. The van der Waals surface area contributed by atoms with Gasteiger partial charge >= 0.3 is 59.7 Å². The van der Waals surface area contributed by atoms with Gasteiger partial charge in [0.15, 0.2) is 61.4 Å². The highest BCUT2D eigenvalue weighted by molar-refractivity contribution is 5.95. The van der Waals surface area contributed by atoms with Gasteiger partial charge in [-0.2, -0.15) is 0 Å². The highest BCUT2D eigenvalue weighted by Gasteiger charge is 2.63. The van der Waals surface area contributed by atoms with E-state index >= 15 is 14.4 Å². The third-order valence-electron chi connectivity index (χ3n) is 19.3. The number of esters is 10. The first-order chi connectivity index (χ1) is 58.5. The van der Waals surface area contributed by atoms with Gasteiger partial charge in [-0.1, -0.05) is 187 Å². The summed E-state index contributed by atoms with van der Waals surface area (Å²) in [5.41, 5.74) is 6.37. The third-order valence-corrected chi connectivity index (χ3v) is 19.3. The van der Waals surface area contributed by atoms with E-state index in [1.807, 2.05) is 0 Å². The van der Waals surface area contributed by atoms with Crippen molar-refractivity contribution in [1.82, 2.24) is 0 Å². The number of nitrogens with zero attached hydrogens (tertiary/aromatic N) is 3. The largest absolute Gasteiger partial charge is 0.459 e. The van der Waals surface area contributed by atoms with Crippen molar-refractivity contribution in [3.63, 3.8) is 0 Å². The zero-order valence-electron chi connectivity index (χ0n) is 63.9. The molecule has 0 radical (unpaired) electrons. The zero-order chi connectivity index (χ0) is 83.7.